The molecule has 1 atom stereocenters. The van der Waals surface area contributed by atoms with Crippen LogP contribution in [0.2, 0.25) is 0 Å². The van der Waals surface area contributed by atoms with Crippen molar-refractivity contribution < 1.29 is 27.1 Å². The molecule has 98 valence electrons. The van der Waals surface area contributed by atoms with Crippen LogP contribution in [0.25, 0.3) is 0 Å². The Labute approximate surface area is 101 Å². The summed E-state index contributed by atoms with van der Waals surface area (Å²) >= 11 is 0. The Morgan fingerprint density at radius 2 is 2.00 bits per heavy atom. The Morgan fingerprint density at radius 1 is 1.39 bits per heavy atom. The summed E-state index contributed by atoms with van der Waals surface area (Å²) in [6, 6.07) is 5.00. The molecule has 0 aliphatic carbocycles. The molecule has 2 nitrogen and oxygen atoms in total. The third-order valence-electron chi connectivity index (χ3n) is 2.10. The van der Waals surface area contributed by atoms with Crippen LogP contribution in [0.15, 0.2) is 36.9 Å². The number of carbonyl (C=O) groups excluding carboxylic acids is 1. The van der Waals surface area contributed by atoms with Crippen molar-refractivity contribution in [1.29, 1.82) is 0 Å². The summed E-state index contributed by atoms with van der Waals surface area (Å²) in [7, 11) is 0. The van der Waals surface area contributed by atoms with Gasteiger partial charge < -0.3 is 4.74 Å². The first kappa shape index (κ1) is 14.4. The lowest BCUT2D eigenvalue weighted by molar-refractivity contribution is -0.200. The molecule has 0 aliphatic rings. The van der Waals surface area contributed by atoms with Gasteiger partial charge in [-0.05, 0) is 12.1 Å². The van der Waals surface area contributed by atoms with E-state index in [1.165, 1.54) is 18.2 Å². The molecule has 0 fully saturated rings. The Hall–Kier alpha value is -1.69. The number of benzene rings is 1. The van der Waals surface area contributed by atoms with Crippen LogP contribution in [0.5, 0.6) is 0 Å². The van der Waals surface area contributed by atoms with Crippen LogP contribution in [0.3, 0.4) is 0 Å². The fraction of sp³-hybridized carbons (Fsp3) is 0.250. The third-order valence-corrected chi connectivity index (χ3v) is 2.10. The number of ether oxygens (including phenoxy) is 1. The van der Waals surface area contributed by atoms with E-state index in [0.717, 1.165) is 6.07 Å². The van der Waals surface area contributed by atoms with Crippen molar-refractivity contribution in [3.8, 4) is 0 Å². The predicted molar refractivity (Wildman–Crippen MR) is 56.7 cm³/mol. The molecular weight excluding hydrogens is 252 g/mol. The highest BCUT2D eigenvalue weighted by atomic mass is 19.4. The first-order valence-corrected chi connectivity index (χ1v) is 4.95. The second kappa shape index (κ2) is 5.77. The maximum absolute atomic E-state index is 13.2. The Morgan fingerprint density at radius 3 is 2.50 bits per heavy atom. The largest absolute Gasteiger partial charge is 0.418 e. The summed E-state index contributed by atoms with van der Waals surface area (Å²) in [5, 5.41) is 0. The van der Waals surface area contributed by atoms with Gasteiger partial charge in [0.2, 0.25) is 0 Å². The maximum atomic E-state index is 13.2. The third kappa shape index (κ3) is 3.66. The predicted octanol–water partition coefficient (Wildman–Crippen LogP) is 3.14. The second-order valence-corrected chi connectivity index (χ2v) is 3.41. The molecule has 1 unspecified atom stereocenters. The Bertz CT molecular complexity index is 440. The second-order valence-electron chi connectivity index (χ2n) is 3.41. The lowest BCUT2D eigenvalue weighted by Crippen LogP contribution is -2.31. The number of rotatable bonds is 5. The summed E-state index contributed by atoms with van der Waals surface area (Å²) in [5.41, 5.74) is -0.303. The molecule has 18 heavy (non-hydrogen) atoms. The SMILES string of the molecule is C=CC(OCC(=O)c1ccccc1F)C(F)(F)F. The monoisotopic (exact) mass is 262 g/mol. The molecule has 0 saturated heterocycles. The fourth-order valence-electron chi connectivity index (χ4n) is 1.23. The Kier molecular flexibility index (Phi) is 4.61. The van der Waals surface area contributed by atoms with E-state index >= 15 is 0 Å². The minimum Gasteiger partial charge on any atom is -0.357 e. The highest BCUT2D eigenvalue weighted by Gasteiger charge is 2.38. The van der Waals surface area contributed by atoms with E-state index in [9.17, 15) is 22.4 Å². The van der Waals surface area contributed by atoms with Crippen molar-refractivity contribution in [3.05, 3.63) is 48.3 Å². The zero-order chi connectivity index (χ0) is 13.8. The smallest absolute Gasteiger partial charge is 0.357 e. The summed E-state index contributed by atoms with van der Waals surface area (Å²) in [5.74, 6) is -1.66. The van der Waals surface area contributed by atoms with Gasteiger partial charge >= 0.3 is 6.18 Å². The van der Waals surface area contributed by atoms with Crippen molar-refractivity contribution in [2.24, 2.45) is 0 Å². The van der Waals surface area contributed by atoms with Crippen molar-refractivity contribution in [2.45, 2.75) is 12.3 Å². The number of ketones is 1. The van der Waals surface area contributed by atoms with Gasteiger partial charge in [0.15, 0.2) is 11.9 Å². The number of alkyl halides is 3. The van der Waals surface area contributed by atoms with Crippen LogP contribution in [0.1, 0.15) is 10.4 Å². The van der Waals surface area contributed by atoms with Crippen LogP contribution < -0.4 is 0 Å². The molecule has 1 rings (SSSR count). The molecule has 0 heterocycles. The number of carbonyl (C=O) groups is 1. The van der Waals surface area contributed by atoms with Gasteiger partial charge in [0.1, 0.15) is 12.4 Å². The fourth-order valence-corrected chi connectivity index (χ4v) is 1.23. The number of hydrogen-bond acceptors (Lipinski definition) is 2. The van der Waals surface area contributed by atoms with E-state index in [1.807, 2.05) is 0 Å². The molecule has 0 saturated carbocycles. The van der Waals surface area contributed by atoms with Crippen LogP contribution in [-0.2, 0) is 4.74 Å². The van der Waals surface area contributed by atoms with Gasteiger partial charge in [-0.2, -0.15) is 13.2 Å². The standard InChI is InChI=1S/C12H10F4O2/c1-2-11(12(14,15)16)18-7-10(17)8-5-3-4-6-9(8)13/h2-6,11H,1,7H2. The summed E-state index contributed by atoms with van der Waals surface area (Å²) in [6.45, 7) is 2.10. The van der Waals surface area contributed by atoms with E-state index in [4.69, 9.17) is 0 Å². The average Bonchev–Trinajstić information content (AvgIpc) is 2.28. The first-order chi connectivity index (χ1) is 8.36. The number of hydrogen-bond donors (Lipinski definition) is 0. The summed E-state index contributed by atoms with van der Waals surface area (Å²) in [6.07, 6.45) is -6.35. The zero-order valence-corrected chi connectivity index (χ0v) is 9.21. The van der Waals surface area contributed by atoms with E-state index in [1.54, 1.807) is 0 Å². The average molecular weight is 262 g/mol. The van der Waals surface area contributed by atoms with Crippen LogP contribution >= 0.6 is 0 Å². The van der Waals surface area contributed by atoms with E-state index in [-0.39, 0.29) is 5.56 Å². The topological polar surface area (TPSA) is 26.3 Å². The van der Waals surface area contributed by atoms with Crippen LogP contribution in [0, 0.1) is 5.82 Å². The summed E-state index contributed by atoms with van der Waals surface area (Å²) in [4.78, 5) is 11.4. The molecule has 0 spiro atoms. The minimum absolute atomic E-state index is 0.303. The zero-order valence-electron chi connectivity index (χ0n) is 9.21. The quantitative estimate of drug-likeness (QED) is 0.463. The van der Waals surface area contributed by atoms with E-state index < -0.39 is 30.5 Å². The molecule has 0 amide bonds. The lowest BCUT2D eigenvalue weighted by atomic mass is 10.1. The van der Waals surface area contributed by atoms with E-state index in [0.29, 0.717) is 6.08 Å². The molecule has 1 aromatic carbocycles. The van der Waals surface area contributed by atoms with Gasteiger partial charge in [-0.25, -0.2) is 4.39 Å². The molecule has 1 aromatic rings. The van der Waals surface area contributed by atoms with Gasteiger partial charge in [-0.15, -0.1) is 6.58 Å². The van der Waals surface area contributed by atoms with Crippen molar-refractivity contribution >= 4 is 5.78 Å². The van der Waals surface area contributed by atoms with Crippen LogP contribution in [0.4, 0.5) is 17.6 Å². The van der Waals surface area contributed by atoms with Crippen molar-refractivity contribution in [2.75, 3.05) is 6.61 Å². The van der Waals surface area contributed by atoms with Gasteiger partial charge in [0.25, 0.3) is 0 Å². The maximum Gasteiger partial charge on any atom is 0.418 e. The van der Waals surface area contributed by atoms with Crippen molar-refractivity contribution in [1.82, 2.24) is 0 Å². The van der Waals surface area contributed by atoms with Gasteiger partial charge in [-0.3, -0.25) is 4.79 Å². The number of halogens is 4. The van der Waals surface area contributed by atoms with E-state index in [2.05, 4.69) is 11.3 Å². The molecule has 0 bridgehead atoms. The molecule has 0 aliphatic heterocycles. The minimum atomic E-state index is -4.64. The molecule has 0 radical (unpaired) electrons. The highest BCUT2D eigenvalue weighted by Crippen LogP contribution is 2.23. The van der Waals surface area contributed by atoms with Crippen LogP contribution in [-0.4, -0.2) is 24.7 Å². The lowest BCUT2D eigenvalue weighted by Gasteiger charge is -2.16. The van der Waals surface area contributed by atoms with Gasteiger partial charge in [0, 0.05) is 0 Å². The van der Waals surface area contributed by atoms with Crippen molar-refractivity contribution in [3.63, 3.8) is 0 Å². The molecular formula is C12H10F4O2. The molecule has 0 aromatic heterocycles. The molecule has 6 heteroatoms. The van der Waals surface area contributed by atoms with Gasteiger partial charge in [-0.1, -0.05) is 18.2 Å². The van der Waals surface area contributed by atoms with Gasteiger partial charge in [0.05, 0.1) is 5.56 Å². The Balaban J connectivity index is 2.67. The highest BCUT2D eigenvalue weighted by molar-refractivity contribution is 5.97. The first-order valence-electron chi connectivity index (χ1n) is 4.95. The molecule has 0 N–H and O–H groups in total. The summed E-state index contributed by atoms with van der Waals surface area (Å²) < 4.78 is 54.3. The number of Topliss-reactive ketones (excluding diaryl/α,β-unsaturated/α-hetero) is 1. The normalized spacial score (nSPS) is 13.1.